The van der Waals surface area contributed by atoms with E-state index in [2.05, 4.69) is 21.8 Å². The monoisotopic (exact) mass is 587 g/mol. The number of carbonyl (C=O) groups excluding carboxylic acids is 1. The first-order valence-electron chi connectivity index (χ1n) is 15.2. The number of anilines is 1. The van der Waals surface area contributed by atoms with E-state index in [-0.39, 0.29) is 46.4 Å². The SMILES string of the molecule is CCc1c(F)ccc2cc(O)cc(-c3ncc4c(N5CCCC(=O)C5)nc(OC[C@@]56CCCN5C[C@H](C)C6)nc4c3F)c12. The fraction of sp³-hybridized carbons (Fsp3) is 0.455. The molecule has 5 heterocycles. The number of phenols is 1. The molecule has 3 saturated heterocycles. The van der Waals surface area contributed by atoms with E-state index in [9.17, 15) is 14.3 Å². The number of Topliss-reactive ketones (excluding diaryl/α,β-unsaturated/α-hetero) is 1. The molecule has 2 aromatic carbocycles. The van der Waals surface area contributed by atoms with Gasteiger partial charge in [-0.2, -0.15) is 9.97 Å². The highest BCUT2D eigenvalue weighted by Crippen LogP contribution is 2.42. The highest BCUT2D eigenvalue weighted by molar-refractivity contribution is 6.02. The number of pyridine rings is 1. The van der Waals surface area contributed by atoms with Crippen molar-refractivity contribution in [2.45, 2.75) is 57.9 Å². The summed E-state index contributed by atoms with van der Waals surface area (Å²) in [5.74, 6) is -0.137. The second kappa shape index (κ2) is 10.7. The van der Waals surface area contributed by atoms with Gasteiger partial charge in [0.1, 0.15) is 35.2 Å². The van der Waals surface area contributed by atoms with Gasteiger partial charge in [-0.05, 0) is 79.1 Å². The molecule has 0 amide bonds. The van der Waals surface area contributed by atoms with Gasteiger partial charge >= 0.3 is 6.01 Å². The fourth-order valence-corrected chi connectivity index (χ4v) is 7.59. The molecule has 7 rings (SSSR count). The van der Waals surface area contributed by atoms with E-state index < -0.39 is 11.6 Å². The van der Waals surface area contributed by atoms with Crippen LogP contribution in [0.25, 0.3) is 32.9 Å². The lowest BCUT2D eigenvalue weighted by Crippen LogP contribution is -2.43. The van der Waals surface area contributed by atoms with Crippen LogP contribution < -0.4 is 9.64 Å². The normalized spacial score (nSPS) is 22.6. The van der Waals surface area contributed by atoms with E-state index >= 15 is 4.39 Å². The van der Waals surface area contributed by atoms with Crippen molar-refractivity contribution in [3.05, 3.63) is 47.7 Å². The Hall–Kier alpha value is -3.92. The van der Waals surface area contributed by atoms with E-state index in [0.29, 0.717) is 65.9 Å². The third kappa shape index (κ3) is 4.76. The number of ether oxygens (including phenoxy) is 1. The summed E-state index contributed by atoms with van der Waals surface area (Å²) < 4.78 is 37.9. The Labute approximate surface area is 248 Å². The summed E-state index contributed by atoms with van der Waals surface area (Å²) in [6.07, 6.45) is 6.21. The molecule has 8 nitrogen and oxygen atoms in total. The number of hydrogen-bond donors (Lipinski definition) is 1. The summed E-state index contributed by atoms with van der Waals surface area (Å²) in [5.41, 5.74) is 0.571. The molecule has 0 unspecified atom stereocenters. The minimum atomic E-state index is -0.720. The van der Waals surface area contributed by atoms with Crippen molar-refractivity contribution in [1.82, 2.24) is 19.9 Å². The van der Waals surface area contributed by atoms with Crippen molar-refractivity contribution in [2.24, 2.45) is 5.92 Å². The quantitative estimate of drug-likeness (QED) is 0.302. The molecule has 2 aromatic heterocycles. The van der Waals surface area contributed by atoms with Gasteiger partial charge in [-0.15, -0.1) is 0 Å². The molecule has 4 aromatic rings. The zero-order chi connectivity index (χ0) is 29.9. The van der Waals surface area contributed by atoms with Crippen molar-refractivity contribution in [3.63, 3.8) is 0 Å². The van der Waals surface area contributed by atoms with Gasteiger partial charge in [-0.3, -0.25) is 14.7 Å². The summed E-state index contributed by atoms with van der Waals surface area (Å²) in [4.78, 5) is 30.5. The standard InChI is InChI=1S/C33H35F2N5O3/c1-3-23-26(34)8-7-20-12-22(42)13-24(27(20)23)29-28(35)30-25(15-36-29)31(39-10-4-6-21(41)17-39)38-32(37-30)43-18-33-9-5-11-40(33)16-19(2)14-33/h7-8,12-13,15,19,42H,3-6,9-11,14,16-18H2,1-2H3/t19-,33+/m1/s1. The zero-order valence-corrected chi connectivity index (χ0v) is 24.5. The van der Waals surface area contributed by atoms with E-state index in [1.165, 1.54) is 24.4 Å². The molecule has 10 heteroatoms. The van der Waals surface area contributed by atoms with Crippen LogP contribution in [-0.4, -0.2) is 69.1 Å². The lowest BCUT2D eigenvalue weighted by molar-refractivity contribution is -0.118. The van der Waals surface area contributed by atoms with Crippen molar-refractivity contribution >= 4 is 33.3 Å². The van der Waals surface area contributed by atoms with E-state index in [1.807, 2.05) is 11.8 Å². The highest BCUT2D eigenvalue weighted by Gasteiger charge is 2.47. The van der Waals surface area contributed by atoms with Crippen molar-refractivity contribution < 1.29 is 23.4 Å². The molecule has 0 saturated carbocycles. The Morgan fingerprint density at radius 3 is 2.84 bits per heavy atom. The van der Waals surface area contributed by atoms with Crippen LogP contribution >= 0.6 is 0 Å². The Kier molecular flexibility index (Phi) is 6.91. The van der Waals surface area contributed by atoms with Gasteiger partial charge in [0.2, 0.25) is 0 Å². The number of hydrogen-bond acceptors (Lipinski definition) is 8. The third-order valence-corrected chi connectivity index (χ3v) is 9.43. The minimum absolute atomic E-state index is 0.00883. The molecule has 0 spiro atoms. The summed E-state index contributed by atoms with van der Waals surface area (Å²) in [6.45, 7) is 7.31. The number of phenolic OH excluding ortho intramolecular Hbond substituents is 1. The number of aryl methyl sites for hydroxylation is 1. The Morgan fingerprint density at radius 1 is 1.16 bits per heavy atom. The topological polar surface area (TPSA) is 91.7 Å². The van der Waals surface area contributed by atoms with Crippen molar-refractivity contribution in [2.75, 3.05) is 37.7 Å². The summed E-state index contributed by atoms with van der Waals surface area (Å²) >= 11 is 0. The molecule has 3 fully saturated rings. The van der Waals surface area contributed by atoms with Gasteiger partial charge < -0.3 is 14.7 Å². The van der Waals surface area contributed by atoms with Gasteiger partial charge in [0.15, 0.2) is 11.6 Å². The number of fused-ring (bicyclic) bond motifs is 3. The molecule has 43 heavy (non-hydrogen) atoms. The second-order valence-electron chi connectivity index (χ2n) is 12.4. The van der Waals surface area contributed by atoms with Crippen LogP contribution in [0.1, 0.15) is 51.5 Å². The predicted octanol–water partition coefficient (Wildman–Crippen LogP) is 5.81. The average molecular weight is 588 g/mol. The first-order valence-corrected chi connectivity index (χ1v) is 15.2. The molecule has 3 aliphatic rings. The van der Waals surface area contributed by atoms with E-state index in [4.69, 9.17) is 9.72 Å². The molecule has 0 aliphatic carbocycles. The molecule has 1 N–H and O–H groups in total. The largest absolute Gasteiger partial charge is 0.508 e. The molecular weight excluding hydrogens is 552 g/mol. The van der Waals surface area contributed by atoms with Gasteiger partial charge in [-0.1, -0.05) is 19.9 Å². The van der Waals surface area contributed by atoms with E-state index in [1.54, 1.807) is 6.07 Å². The number of piperidine rings is 1. The first kappa shape index (κ1) is 27.9. The van der Waals surface area contributed by atoms with Gasteiger partial charge in [0, 0.05) is 31.3 Å². The van der Waals surface area contributed by atoms with Crippen LogP contribution in [0.5, 0.6) is 11.8 Å². The molecule has 2 atom stereocenters. The number of aromatic hydroxyl groups is 1. The maximum absolute atomic E-state index is 16.7. The zero-order valence-electron chi connectivity index (χ0n) is 24.5. The third-order valence-electron chi connectivity index (χ3n) is 9.43. The minimum Gasteiger partial charge on any atom is -0.508 e. The molecule has 0 radical (unpaired) electrons. The van der Waals surface area contributed by atoms with Gasteiger partial charge in [-0.25, -0.2) is 8.78 Å². The number of carbonyl (C=O) groups is 1. The number of rotatable bonds is 6. The van der Waals surface area contributed by atoms with Crippen LogP contribution in [0.3, 0.4) is 0 Å². The van der Waals surface area contributed by atoms with Gasteiger partial charge in [0.25, 0.3) is 0 Å². The van der Waals surface area contributed by atoms with Gasteiger partial charge in [0.05, 0.1) is 17.5 Å². The molecule has 0 bridgehead atoms. The number of nitrogens with zero attached hydrogens (tertiary/aromatic N) is 5. The number of aromatic nitrogens is 3. The molecule has 3 aliphatic heterocycles. The smallest absolute Gasteiger partial charge is 0.319 e. The lowest BCUT2D eigenvalue weighted by atomic mass is 9.92. The Bertz CT molecular complexity index is 1760. The summed E-state index contributed by atoms with van der Waals surface area (Å²) in [6, 6.07) is 5.93. The van der Waals surface area contributed by atoms with Crippen LogP contribution in [0, 0.1) is 17.6 Å². The van der Waals surface area contributed by atoms with Crippen LogP contribution in [0.15, 0.2) is 30.5 Å². The first-order chi connectivity index (χ1) is 20.8. The predicted molar refractivity (Wildman–Crippen MR) is 161 cm³/mol. The van der Waals surface area contributed by atoms with Crippen molar-refractivity contribution in [3.8, 4) is 23.0 Å². The van der Waals surface area contributed by atoms with Crippen LogP contribution in [0.4, 0.5) is 14.6 Å². The number of benzene rings is 2. The average Bonchev–Trinajstić information content (AvgIpc) is 3.51. The Balaban J connectivity index is 1.38. The maximum atomic E-state index is 16.7. The summed E-state index contributed by atoms with van der Waals surface area (Å²) in [7, 11) is 0. The fourth-order valence-electron chi connectivity index (χ4n) is 7.59. The van der Waals surface area contributed by atoms with E-state index in [0.717, 1.165) is 32.4 Å². The van der Waals surface area contributed by atoms with Crippen molar-refractivity contribution in [1.29, 1.82) is 0 Å². The Morgan fingerprint density at radius 2 is 2.02 bits per heavy atom. The number of ketones is 1. The maximum Gasteiger partial charge on any atom is 0.319 e. The number of halogens is 2. The molecule has 224 valence electrons. The lowest BCUT2D eigenvalue weighted by Gasteiger charge is -2.32. The van der Waals surface area contributed by atoms with Crippen LogP contribution in [-0.2, 0) is 11.2 Å². The second-order valence-corrected chi connectivity index (χ2v) is 12.4. The van der Waals surface area contributed by atoms with Crippen LogP contribution in [0.2, 0.25) is 0 Å². The highest BCUT2D eigenvalue weighted by atomic mass is 19.1. The summed E-state index contributed by atoms with van der Waals surface area (Å²) in [5, 5.41) is 12.0. The molecular formula is C33H35F2N5O3.